The summed E-state index contributed by atoms with van der Waals surface area (Å²) in [6.45, 7) is 5.78. The van der Waals surface area contributed by atoms with Gasteiger partial charge in [-0.05, 0) is 19.1 Å². The Bertz CT molecular complexity index is 355. The molecule has 0 radical (unpaired) electrons. The SMILES string of the molecule is C[C@H]1CNCCN1Cc1c(F)cccc1Br.Cl. The highest BCUT2D eigenvalue weighted by Crippen LogP contribution is 2.22. The molecule has 2 nitrogen and oxygen atoms in total. The molecule has 1 heterocycles. The molecule has 0 unspecified atom stereocenters. The Hall–Kier alpha value is -0.160. The van der Waals surface area contributed by atoms with E-state index in [1.807, 2.05) is 6.07 Å². The van der Waals surface area contributed by atoms with E-state index in [0.717, 1.165) is 29.7 Å². The summed E-state index contributed by atoms with van der Waals surface area (Å²) in [6.07, 6.45) is 0. The Morgan fingerprint density at radius 3 is 2.94 bits per heavy atom. The van der Waals surface area contributed by atoms with Crippen LogP contribution in [0.25, 0.3) is 0 Å². The van der Waals surface area contributed by atoms with E-state index in [4.69, 9.17) is 0 Å². The molecule has 0 spiro atoms. The average molecular weight is 324 g/mol. The van der Waals surface area contributed by atoms with Gasteiger partial charge in [0.2, 0.25) is 0 Å². The summed E-state index contributed by atoms with van der Waals surface area (Å²) in [5.74, 6) is -0.125. The fourth-order valence-electron chi connectivity index (χ4n) is 2.00. The zero-order valence-electron chi connectivity index (χ0n) is 9.75. The Morgan fingerprint density at radius 1 is 1.53 bits per heavy atom. The van der Waals surface area contributed by atoms with E-state index in [1.54, 1.807) is 6.07 Å². The number of rotatable bonds is 2. The van der Waals surface area contributed by atoms with Crippen LogP contribution in [0.2, 0.25) is 0 Å². The molecule has 5 heteroatoms. The second kappa shape index (κ2) is 6.69. The molecule has 1 N–H and O–H groups in total. The monoisotopic (exact) mass is 322 g/mol. The summed E-state index contributed by atoms with van der Waals surface area (Å²) in [5.41, 5.74) is 0.760. The number of halogens is 3. The lowest BCUT2D eigenvalue weighted by Gasteiger charge is -2.34. The fraction of sp³-hybridized carbons (Fsp3) is 0.500. The van der Waals surface area contributed by atoms with Crippen molar-refractivity contribution in [1.29, 1.82) is 0 Å². The van der Waals surface area contributed by atoms with Crippen LogP contribution in [-0.4, -0.2) is 30.6 Å². The first-order chi connectivity index (χ1) is 7.68. The second-order valence-electron chi connectivity index (χ2n) is 4.22. The molecule has 1 fully saturated rings. The Labute approximate surface area is 116 Å². The maximum Gasteiger partial charge on any atom is 0.128 e. The molecule has 1 aromatic carbocycles. The second-order valence-corrected chi connectivity index (χ2v) is 5.08. The van der Waals surface area contributed by atoms with Crippen LogP contribution < -0.4 is 5.32 Å². The van der Waals surface area contributed by atoms with Gasteiger partial charge in [0.15, 0.2) is 0 Å². The number of benzene rings is 1. The minimum atomic E-state index is -0.125. The summed E-state index contributed by atoms with van der Waals surface area (Å²) in [7, 11) is 0. The highest BCUT2D eigenvalue weighted by Gasteiger charge is 2.20. The van der Waals surface area contributed by atoms with Crippen molar-refractivity contribution in [3.05, 3.63) is 34.1 Å². The van der Waals surface area contributed by atoms with Crippen LogP contribution in [0.5, 0.6) is 0 Å². The lowest BCUT2D eigenvalue weighted by Crippen LogP contribution is -2.49. The molecule has 0 bridgehead atoms. The van der Waals surface area contributed by atoms with E-state index in [0.29, 0.717) is 12.6 Å². The molecule has 96 valence electrons. The summed E-state index contributed by atoms with van der Waals surface area (Å²) in [6, 6.07) is 5.60. The Balaban J connectivity index is 0.00000144. The van der Waals surface area contributed by atoms with E-state index in [9.17, 15) is 4.39 Å². The third kappa shape index (κ3) is 3.65. The van der Waals surface area contributed by atoms with Gasteiger partial charge >= 0.3 is 0 Å². The molecule has 1 aromatic rings. The van der Waals surface area contributed by atoms with Crippen LogP contribution in [0.15, 0.2) is 22.7 Å². The van der Waals surface area contributed by atoms with Crippen molar-refractivity contribution in [2.24, 2.45) is 0 Å². The first kappa shape index (κ1) is 14.9. The molecule has 2 rings (SSSR count). The van der Waals surface area contributed by atoms with E-state index in [2.05, 4.69) is 33.1 Å². The molecule has 0 aromatic heterocycles. The van der Waals surface area contributed by atoms with E-state index >= 15 is 0 Å². The zero-order chi connectivity index (χ0) is 11.5. The average Bonchev–Trinajstić information content (AvgIpc) is 2.26. The number of nitrogens with one attached hydrogen (secondary N) is 1. The van der Waals surface area contributed by atoms with Crippen LogP contribution in [0.1, 0.15) is 12.5 Å². The van der Waals surface area contributed by atoms with Crippen molar-refractivity contribution in [2.75, 3.05) is 19.6 Å². The van der Waals surface area contributed by atoms with Crippen molar-refractivity contribution in [3.63, 3.8) is 0 Å². The topological polar surface area (TPSA) is 15.3 Å². The predicted molar refractivity (Wildman–Crippen MR) is 74.1 cm³/mol. The van der Waals surface area contributed by atoms with Crippen LogP contribution in [0.4, 0.5) is 4.39 Å². The van der Waals surface area contributed by atoms with Crippen LogP contribution in [-0.2, 0) is 6.54 Å². The normalized spacial score (nSPS) is 21.0. The van der Waals surface area contributed by atoms with Crippen molar-refractivity contribution in [2.45, 2.75) is 19.5 Å². The van der Waals surface area contributed by atoms with E-state index < -0.39 is 0 Å². The van der Waals surface area contributed by atoms with Gasteiger partial charge in [0.05, 0.1) is 0 Å². The van der Waals surface area contributed by atoms with E-state index in [1.165, 1.54) is 6.07 Å². The number of piperazine rings is 1. The quantitative estimate of drug-likeness (QED) is 0.900. The first-order valence-corrected chi connectivity index (χ1v) is 6.35. The van der Waals surface area contributed by atoms with Gasteiger partial charge in [-0.1, -0.05) is 22.0 Å². The van der Waals surface area contributed by atoms with Gasteiger partial charge in [0, 0.05) is 42.3 Å². The number of hydrogen-bond donors (Lipinski definition) is 1. The van der Waals surface area contributed by atoms with Gasteiger partial charge in [-0.15, -0.1) is 12.4 Å². The highest BCUT2D eigenvalue weighted by atomic mass is 79.9. The van der Waals surface area contributed by atoms with Gasteiger partial charge in [0.25, 0.3) is 0 Å². The van der Waals surface area contributed by atoms with Crippen molar-refractivity contribution < 1.29 is 4.39 Å². The smallest absolute Gasteiger partial charge is 0.128 e. The molecule has 17 heavy (non-hydrogen) atoms. The number of hydrogen-bond acceptors (Lipinski definition) is 2. The van der Waals surface area contributed by atoms with Crippen LogP contribution in [0, 0.1) is 5.82 Å². The van der Waals surface area contributed by atoms with Crippen molar-refractivity contribution in [3.8, 4) is 0 Å². The summed E-state index contributed by atoms with van der Waals surface area (Å²) >= 11 is 3.41. The van der Waals surface area contributed by atoms with Crippen molar-refractivity contribution in [1.82, 2.24) is 10.2 Å². The number of nitrogens with zero attached hydrogens (tertiary/aromatic N) is 1. The maximum absolute atomic E-state index is 13.7. The standard InChI is InChI=1S/C12H16BrFN2.ClH/c1-9-7-15-5-6-16(9)8-10-11(13)3-2-4-12(10)14;/h2-4,9,15H,5-8H2,1H3;1H/t9-;/m0./s1. The molecule has 1 aliphatic rings. The molecule has 1 atom stereocenters. The molecule has 1 saturated heterocycles. The lowest BCUT2D eigenvalue weighted by molar-refractivity contribution is 0.163. The summed E-state index contributed by atoms with van der Waals surface area (Å²) in [5, 5.41) is 3.33. The van der Waals surface area contributed by atoms with Gasteiger partial charge in [-0.3, -0.25) is 4.90 Å². The van der Waals surface area contributed by atoms with Crippen LogP contribution >= 0.6 is 28.3 Å². The van der Waals surface area contributed by atoms with Gasteiger partial charge in [0.1, 0.15) is 5.82 Å². The van der Waals surface area contributed by atoms with Gasteiger partial charge in [-0.25, -0.2) is 4.39 Å². The minimum Gasteiger partial charge on any atom is -0.314 e. The Morgan fingerprint density at radius 2 is 2.29 bits per heavy atom. The summed E-state index contributed by atoms with van der Waals surface area (Å²) < 4.78 is 14.5. The predicted octanol–water partition coefficient (Wildman–Crippen LogP) is 2.80. The minimum absolute atomic E-state index is 0. The largest absolute Gasteiger partial charge is 0.314 e. The van der Waals surface area contributed by atoms with Gasteiger partial charge < -0.3 is 5.32 Å². The lowest BCUT2D eigenvalue weighted by atomic mass is 10.1. The molecular weight excluding hydrogens is 307 g/mol. The zero-order valence-corrected chi connectivity index (χ0v) is 12.2. The van der Waals surface area contributed by atoms with Gasteiger partial charge in [-0.2, -0.15) is 0 Å². The van der Waals surface area contributed by atoms with Crippen molar-refractivity contribution >= 4 is 28.3 Å². The molecule has 1 aliphatic heterocycles. The highest BCUT2D eigenvalue weighted by molar-refractivity contribution is 9.10. The summed E-state index contributed by atoms with van der Waals surface area (Å²) in [4.78, 5) is 2.31. The molecule has 0 amide bonds. The fourth-order valence-corrected chi connectivity index (χ4v) is 2.47. The first-order valence-electron chi connectivity index (χ1n) is 5.56. The molecular formula is C12H17BrClFN2. The maximum atomic E-state index is 13.7. The third-order valence-electron chi connectivity index (χ3n) is 3.06. The molecule has 0 aliphatic carbocycles. The van der Waals surface area contributed by atoms with Crippen LogP contribution in [0.3, 0.4) is 0 Å². The third-order valence-corrected chi connectivity index (χ3v) is 3.80. The van der Waals surface area contributed by atoms with E-state index in [-0.39, 0.29) is 18.2 Å². The Kier molecular flexibility index (Phi) is 5.86. The molecule has 0 saturated carbocycles.